The number of hydrogen-bond donors (Lipinski definition) is 1. The van der Waals surface area contributed by atoms with Crippen molar-refractivity contribution in [2.24, 2.45) is 17.8 Å². The van der Waals surface area contributed by atoms with E-state index in [1.54, 1.807) is 0 Å². The second-order valence-electron chi connectivity index (χ2n) is 13.3. The standard InChI is InChI=1S/C35H58O6/c1-24(2)12-9-13-25(3)14-10-15-26(4)16-11-20-35(8)21-19-30-29(7)33(27(5)28(6)34(30)41-35)40-32(38)18-17-31(37)39-23-22-36/h24-26,36H,9-23H2,1-8H3/t25-,26+,35+/m1/s1. The molecular formula is C35H58O6. The summed E-state index contributed by atoms with van der Waals surface area (Å²) < 4.78 is 17.3. The van der Waals surface area contributed by atoms with Crippen molar-refractivity contribution in [3.8, 4) is 11.5 Å². The molecule has 0 aliphatic carbocycles. The van der Waals surface area contributed by atoms with Crippen molar-refractivity contribution >= 4 is 11.9 Å². The predicted molar refractivity (Wildman–Crippen MR) is 166 cm³/mol. The molecule has 0 spiro atoms. The molecule has 2 rings (SSSR count). The Kier molecular flexibility index (Phi) is 14.7. The average molecular weight is 575 g/mol. The van der Waals surface area contributed by atoms with E-state index < -0.39 is 11.9 Å². The van der Waals surface area contributed by atoms with Crippen LogP contribution in [-0.4, -0.2) is 35.9 Å². The van der Waals surface area contributed by atoms with Crippen molar-refractivity contribution in [1.29, 1.82) is 0 Å². The Morgan fingerprint density at radius 1 is 0.854 bits per heavy atom. The summed E-state index contributed by atoms with van der Waals surface area (Å²) in [6.45, 7) is 17.4. The van der Waals surface area contributed by atoms with Gasteiger partial charge in [-0.15, -0.1) is 0 Å². The number of esters is 2. The van der Waals surface area contributed by atoms with E-state index >= 15 is 0 Å². The minimum atomic E-state index is -0.518. The Morgan fingerprint density at radius 2 is 1.44 bits per heavy atom. The number of rotatable bonds is 18. The topological polar surface area (TPSA) is 82.1 Å². The number of carbonyl (C=O) groups is 2. The smallest absolute Gasteiger partial charge is 0.311 e. The van der Waals surface area contributed by atoms with E-state index in [0.29, 0.717) is 5.75 Å². The molecule has 3 atom stereocenters. The number of fused-ring (bicyclic) bond motifs is 1. The minimum absolute atomic E-state index is 0.0633. The lowest BCUT2D eigenvalue weighted by Crippen LogP contribution is -2.37. The molecule has 1 aliphatic heterocycles. The highest BCUT2D eigenvalue weighted by molar-refractivity contribution is 5.80. The summed E-state index contributed by atoms with van der Waals surface area (Å²) in [6, 6.07) is 0. The van der Waals surface area contributed by atoms with Gasteiger partial charge in [0.1, 0.15) is 23.7 Å². The second-order valence-corrected chi connectivity index (χ2v) is 13.3. The highest BCUT2D eigenvalue weighted by Crippen LogP contribution is 2.45. The maximum absolute atomic E-state index is 12.5. The summed E-state index contributed by atoms with van der Waals surface area (Å²) in [5.41, 5.74) is 3.78. The molecule has 41 heavy (non-hydrogen) atoms. The number of carbonyl (C=O) groups excluding carboxylic acids is 2. The van der Waals surface area contributed by atoms with E-state index in [2.05, 4.69) is 34.6 Å². The minimum Gasteiger partial charge on any atom is -0.487 e. The molecule has 1 heterocycles. The van der Waals surface area contributed by atoms with E-state index in [-0.39, 0.29) is 31.7 Å². The molecule has 6 nitrogen and oxygen atoms in total. The van der Waals surface area contributed by atoms with Crippen LogP contribution >= 0.6 is 0 Å². The Morgan fingerprint density at radius 3 is 2.05 bits per heavy atom. The molecule has 1 aliphatic rings. The third kappa shape index (κ3) is 11.6. The fraction of sp³-hybridized carbons (Fsp3) is 0.771. The second kappa shape index (κ2) is 17.1. The lowest BCUT2D eigenvalue weighted by molar-refractivity contribution is -0.147. The van der Waals surface area contributed by atoms with E-state index in [1.807, 2.05) is 20.8 Å². The van der Waals surface area contributed by atoms with Crippen molar-refractivity contribution in [1.82, 2.24) is 0 Å². The first kappa shape index (κ1) is 35.1. The van der Waals surface area contributed by atoms with Crippen molar-refractivity contribution in [2.45, 2.75) is 144 Å². The van der Waals surface area contributed by atoms with Crippen LogP contribution in [0, 0.1) is 38.5 Å². The Hall–Kier alpha value is -2.08. The third-order valence-corrected chi connectivity index (χ3v) is 8.94. The quantitative estimate of drug-likeness (QED) is 0.140. The van der Waals surface area contributed by atoms with E-state index in [1.165, 1.54) is 51.4 Å². The first-order valence-electron chi connectivity index (χ1n) is 16.2. The normalized spacial score (nSPS) is 18.0. The number of aliphatic hydroxyl groups excluding tert-OH is 1. The highest BCUT2D eigenvalue weighted by atomic mass is 16.5. The molecule has 0 bridgehead atoms. The van der Waals surface area contributed by atoms with Crippen LogP contribution in [0.3, 0.4) is 0 Å². The first-order chi connectivity index (χ1) is 19.4. The first-order valence-corrected chi connectivity index (χ1v) is 16.2. The van der Waals surface area contributed by atoms with Gasteiger partial charge in [0.05, 0.1) is 19.4 Å². The van der Waals surface area contributed by atoms with Gasteiger partial charge in [0, 0.05) is 5.56 Å². The molecule has 1 aromatic rings. The summed E-state index contributed by atoms with van der Waals surface area (Å²) in [5, 5.41) is 8.76. The summed E-state index contributed by atoms with van der Waals surface area (Å²) in [5.74, 6) is 2.95. The van der Waals surface area contributed by atoms with Gasteiger partial charge < -0.3 is 19.3 Å². The van der Waals surface area contributed by atoms with Crippen LogP contribution in [-0.2, 0) is 20.7 Å². The Balaban J connectivity index is 1.86. The van der Waals surface area contributed by atoms with Crippen molar-refractivity contribution in [3.63, 3.8) is 0 Å². The van der Waals surface area contributed by atoms with Gasteiger partial charge in [-0.05, 0) is 87.8 Å². The summed E-state index contributed by atoms with van der Waals surface area (Å²) >= 11 is 0. The predicted octanol–water partition coefficient (Wildman–Crippen LogP) is 8.36. The van der Waals surface area contributed by atoms with Gasteiger partial charge in [0.15, 0.2) is 0 Å². The maximum atomic E-state index is 12.5. The number of aliphatic hydroxyl groups is 1. The molecule has 0 radical (unpaired) electrons. The van der Waals surface area contributed by atoms with Gasteiger partial charge in [-0.1, -0.05) is 72.6 Å². The van der Waals surface area contributed by atoms with Crippen molar-refractivity contribution in [3.05, 3.63) is 22.3 Å². The zero-order valence-corrected chi connectivity index (χ0v) is 27.3. The highest BCUT2D eigenvalue weighted by Gasteiger charge is 2.34. The maximum Gasteiger partial charge on any atom is 0.311 e. The fourth-order valence-electron chi connectivity index (χ4n) is 6.01. The SMILES string of the molecule is Cc1c(C)c2c(c(C)c1OC(=O)CCC(=O)OCCO)CC[C@](C)(CCC[C@@H](C)CCC[C@H](C)CCCC(C)C)O2. The van der Waals surface area contributed by atoms with Crippen LogP contribution in [0.1, 0.15) is 134 Å². The van der Waals surface area contributed by atoms with Crippen LogP contribution in [0.4, 0.5) is 0 Å². The van der Waals surface area contributed by atoms with Gasteiger partial charge >= 0.3 is 11.9 Å². The molecule has 0 aromatic heterocycles. The molecule has 234 valence electrons. The summed E-state index contributed by atoms with van der Waals surface area (Å²) in [6.07, 6.45) is 13.2. The number of ether oxygens (including phenoxy) is 3. The van der Waals surface area contributed by atoms with Crippen LogP contribution in [0.5, 0.6) is 11.5 Å². The van der Waals surface area contributed by atoms with E-state index in [9.17, 15) is 9.59 Å². The molecule has 1 N–H and O–H groups in total. The van der Waals surface area contributed by atoms with Crippen LogP contribution in [0.2, 0.25) is 0 Å². The molecule has 0 unspecified atom stereocenters. The van der Waals surface area contributed by atoms with Gasteiger partial charge in [0.25, 0.3) is 0 Å². The molecule has 0 saturated carbocycles. The summed E-state index contributed by atoms with van der Waals surface area (Å²) in [4.78, 5) is 24.2. The molecule has 6 heteroatoms. The van der Waals surface area contributed by atoms with E-state index in [4.69, 9.17) is 19.3 Å². The van der Waals surface area contributed by atoms with Gasteiger partial charge in [0.2, 0.25) is 0 Å². The number of benzene rings is 1. The van der Waals surface area contributed by atoms with Crippen LogP contribution in [0.15, 0.2) is 0 Å². The van der Waals surface area contributed by atoms with Gasteiger partial charge in [-0.3, -0.25) is 9.59 Å². The molecule has 1 aromatic carbocycles. The lowest BCUT2D eigenvalue weighted by atomic mass is 9.83. The van der Waals surface area contributed by atoms with Crippen molar-refractivity contribution in [2.75, 3.05) is 13.2 Å². The third-order valence-electron chi connectivity index (χ3n) is 8.94. The van der Waals surface area contributed by atoms with Crippen molar-refractivity contribution < 1.29 is 28.9 Å². The van der Waals surface area contributed by atoms with E-state index in [0.717, 1.165) is 65.0 Å². The molecule has 0 saturated heterocycles. The average Bonchev–Trinajstić information content (AvgIpc) is 2.91. The largest absolute Gasteiger partial charge is 0.487 e. The molecular weight excluding hydrogens is 516 g/mol. The molecule has 0 amide bonds. The van der Waals surface area contributed by atoms with Gasteiger partial charge in [-0.25, -0.2) is 0 Å². The zero-order valence-electron chi connectivity index (χ0n) is 27.3. The Labute approximate surface area is 249 Å². The zero-order chi connectivity index (χ0) is 30.6. The monoisotopic (exact) mass is 574 g/mol. The van der Waals surface area contributed by atoms with Gasteiger partial charge in [-0.2, -0.15) is 0 Å². The fourth-order valence-corrected chi connectivity index (χ4v) is 6.01. The lowest BCUT2D eigenvalue weighted by Gasteiger charge is -2.38. The number of hydrogen-bond acceptors (Lipinski definition) is 6. The van der Waals surface area contributed by atoms with Crippen LogP contribution < -0.4 is 9.47 Å². The van der Waals surface area contributed by atoms with Crippen LogP contribution in [0.25, 0.3) is 0 Å². The Bertz CT molecular complexity index is 984. The summed E-state index contributed by atoms with van der Waals surface area (Å²) in [7, 11) is 0. The molecule has 0 fully saturated rings.